The molecular formula is C21H22Cl3NO2. The first kappa shape index (κ1) is 20.3. The van der Waals surface area contributed by atoms with Crippen molar-refractivity contribution < 1.29 is 9.53 Å². The first-order chi connectivity index (χ1) is 13.0. The number of carbonyl (C=O) groups excluding carboxylic acids is 1. The Hall–Kier alpha value is -1.42. The lowest BCUT2D eigenvalue weighted by atomic mass is 9.94. The van der Waals surface area contributed by atoms with Crippen LogP contribution in [0.4, 0.5) is 0 Å². The third-order valence-corrected chi connectivity index (χ3v) is 5.64. The minimum Gasteiger partial charge on any atom is -0.492 e. The van der Waals surface area contributed by atoms with Gasteiger partial charge in [0.15, 0.2) is 0 Å². The number of rotatable bonds is 7. The van der Waals surface area contributed by atoms with Gasteiger partial charge in [-0.2, -0.15) is 0 Å². The lowest BCUT2D eigenvalue weighted by Gasteiger charge is -2.21. The van der Waals surface area contributed by atoms with Crippen LogP contribution in [0.3, 0.4) is 0 Å². The van der Waals surface area contributed by atoms with Gasteiger partial charge in [-0.25, -0.2) is 0 Å². The number of amides is 1. The number of hydrogen-bond acceptors (Lipinski definition) is 2. The van der Waals surface area contributed by atoms with E-state index in [0.29, 0.717) is 41.2 Å². The average Bonchev–Trinajstić information content (AvgIpc) is 3.09. The van der Waals surface area contributed by atoms with Crippen LogP contribution in [0.2, 0.25) is 15.1 Å². The van der Waals surface area contributed by atoms with E-state index in [-0.39, 0.29) is 11.9 Å². The predicted molar refractivity (Wildman–Crippen MR) is 111 cm³/mol. The first-order valence-electron chi connectivity index (χ1n) is 9.15. The molecule has 1 aliphatic rings. The molecule has 1 amide bonds. The molecule has 2 unspecified atom stereocenters. The first-order valence-corrected chi connectivity index (χ1v) is 10.3. The van der Waals surface area contributed by atoms with Crippen LogP contribution in [0, 0.1) is 0 Å². The molecule has 3 rings (SSSR count). The summed E-state index contributed by atoms with van der Waals surface area (Å²) in [5, 5.41) is 4.97. The van der Waals surface area contributed by atoms with Crippen molar-refractivity contribution in [1.29, 1.82) is 0 Å². The molecule has 0 heterocycles. The summed E-state index contributed by atoms with van der Waals surface area (Å²) in [6.45, 7) is 0.431. The van der Waals surface area contributed by atoms with Gasteiger partial charge in [0.1, 0.15) is 5.75 Å². The summed E-state index contributed by atoms with van der Waals surface area (Å²) in [6.07, 6.45) is 4.27. The Balaban J connectivity index is 1.44. The van der Waals surface area contributed by atoms with Crippen molar-refractivity contribution in [3.63, 3.8) is 0 Å². The largest absolute Gasteiger partial charge is 0.492 e. The summed E-state index contributed by atoms with van der Waals surface area (Å²) >= 11 is 17.9. The normalized spacial score (nSPS) is 19.1. The van der Waals surface area contributed by atoms with Gasteiger partial charge in [-0.05, 0) is 55.2 Å². The van der Waals surface area contributed by atoms with E-state index in [2.05, 4.69) is 17.4 Å². The van der Waals surface area contributed by atoms with Crippen molar-refractivity contribution in [1.82, 2.24) is 5.32 Å². The molecule has 144 valence electrons. The van der Waals surface area contributed by atoms with Crippen LogP contribution in [0.1, 0.15) is 43.6 Å². The van der Waals surface area contributed by atoms with Crippen LogP contribution < -0.4 is 10.1 Å². The van der Waals surface area contributed by atoms with Crippen LogP contribution in [-0.2, 0) is 4.79 Å². The molecule has 1 fully saturated rings. The Morgan fingerprint density at radius 1 is 1.04 bits per heavy atom. The monoisotopic (exact) mass is 425 g/mol. The van der Waals surface area contributed by atoms with Crippen LogP contribution in [0.5, 0.6) is 5.75 Å². The molecule has 0 saturated heterocycles. The summed E-state index contributed by atoms with van der Waals surface area (Å²) in [6, 6.07) is 13.2. The van der Waals surface area contributed by atoms with Crippen LogP contribution in [-0.4, -0.2) is 18.6 Å². The summed E-state index contributed by atoms with van der Waals surface area (Å²) < 4.78 is 5.63. The van der Waals surface area contributed by atoms with Crippen molar-refractivity contribution >= 4 is 40.7 Å². The van der Waals surface area contributed by atoms with E-state index >= 15 is 0 Å². The topological polar surface area (TPSA) is 38.3 Å². The lowest BCUT2D eigenvalue weighted by Crippen LogP contribution is -2.36. The number of halogens is 3. The standard InChI is InChI=1S/C21H22Cl3NO2/c22-15-8-6-14(7-9-15)17-3-1-4-19(17)25-21(26)5-2-12-27-20-11-10-16(23)13-18(20)24/h6-11,13,17,19H,1-5,12H2,(H,25,26). The maximum absolute atomic E-state index is 12.3. The molecule has 3 nitrogen and oxygen atoms in total. The van der Waals surface area contributed by atoms with E-state index in [4.69, 9.17) is 39.5 Å². The fourth-order valence-corrected chi connectivity index (χ4v) is 4.12. The highest BCUT2D eigenvalue weighted by Gasteiger charge is 2.29. The zero-order valence-corrected chi connectivity index (χ0v) is 17.2. The molecule has 2 aromatic carbocycles. The Kier molecular flexibility index (Phi) is 7.28. The maximum atomic E-state index is 12.3. The van der Waals surface area contributed by atoms with Gasteiger partial charge >= 0.3 is 0 Å². The molecule has 0 spiro atoms. The van der Waals surface area contributed by atoms with E-state index in [1.807, 2.05) is 12.1 Å². The van der Waals surface area contributed by atoms with Gasteiger partial charge in [0, 0.05) is 28.4 Å². The molecule has 0 aromatic heterocycles. The van der Waals surface area contributed by atoms with Gasteiger partial charge in [-0.1, -0.05) is 53.4 Å². The number of ether oxygens (including phenoxy) is 1. The zero-order chi connectivity index (χ0) is 19.2. The van der Waals surface area contributed by atoms with Crippen molar-refractivity contribution in [2.24, 2.45) is 0 Å². The van der Waals surface area contributed by atoms with Crippen LogP contribution >= 0.6 is 34.8 Å². The highest BCUT2D eigenvalue weighted by molar-refractivity contribution is 6.35. The summed E-state index contributed by atoms with van der Waals surface area (Å²) in [7, 11) is 0. The van der Waals surface area contributed by atoms with Gasteiger partial charge < -0.3 is 10.1 Å². The number of hydrogen-bond donors (Lipinski definition) is 1. The molecule has 1 N–H and O–H groups in total. The maximum Gasteiger partial charge on any atom is 0.220 e. The Morgan fingerprint density at radius 2 is 1.78 bits per heavy atom. The minimum atomic E-state index is 0.0617. The molecule has 2 atom stereocenters. The molecule has 0 radical (unpaired) electrons. The van der Waals surface area contributed by atoms with Gasteiger partial charge in [0.25, 0.3) is 0 Å². The van der Waals surface area contributed by atoms with Gasteiger partial charge in [-0.3, -0.25) is 4.79 Å². The average molecular weight is 427 g/mol. The highest BCUT2D eigenvalue weighted by atomic mass is 35.5. The molecule has 0 aliphatic heterocycles. The van der Waals surface area contributed by atoms with Crippen LogP contribution in [0.15, 0.2) is 42.5 Å². The van der Waals surface area contributed by atoms with E-state index in [1.165, 1.54) is 5.56 Å². The smallest absolute Gasteiger partial charge is 0.220 e. The molecule has 27 heavy (non-hydrogen) atoms. The second-order valence-corrected chi connectivity index (χ2v) is 8.07. The summed E-state index contributed by atoms with van der Waals surface area (Å²) in [4.78, 5) is 12.3. The second kappa shape index (κ2) is 9.68. The Morgan fingerprint density at radius 3 is 2.52 bits per heavy atom. The van der Waals surface area contributed by atoms with Gasteiger partial charge in [0.2, 0.25) is 5.91 Å². The summed E-state index contributed by atoms with van der Waals surface area (Å²) in [5.41, 5.74) is 1.24. The predicted octanol–water partition coefficient (Wildman–Crippen LogP) is 6.26. The minimum absolute atomic E-state index is 0.0617. The summed E-state index contributed by atoms with van der Waals surface area (Å²) in [5.74, 6) is 1.00. The van der Waals surface area contributed by atoms with Crippen molar-refractivity contribution in [2.75, 3.05) is 6.61 Å². The van der Waals surface area contributed by atoms with E-state index in [0.717, 1.165) is 24.3 Å². The van der Waals surface area contributed by atoms with E-state index in [1.54, 1.807) is 18.2 Å². The fraction of sp³-hybridized carbons (Fsp3) is 0.381. The second-order valence-electron chi connectivity index (χ2n) is 6.79. The number of carbonyl (C=O) groups is 1. The van der Waals surface area contributed by atoms with E-state index < -0.39 is 0 Å². The molecule has 2 aromatic rings. The van der Waals surface area contributed by atoms with Crippen molar-refractivity contribution in [2.45, 2.75) is 44.1 Å². The molecule has 1 saturated carbocycles. The third-order valence-electron chi connectivity index (χ3n) is 4.86. The van der Waals surface area contributed by atoms with Crippen LogP contribution in [0.25, 0.3) is 0 Å². The lowest BCUT2D eigenvalue weighted by molar-refractivity contribution is -0.122. The molecule has 6 heteroatoms. The quantitative estimate of drug-likeness (QED) is 0.531. The van der Waals surface area contributed by atoms with Crippen molar-refractivity contribution in [3.8, 4) is 5.75 Å². The molecule has 1 aliphatic carbocycles. The molecule has 0 bridgehead atoms. The fourth-order valence-electron chi connectivity index (χ4n) is 3.53. The van der Waals surface area contributed by atoms with Gasteiger partial charge in [0.05, 0.1) is 11.6 Å². The Labute approximate surface area is 175 Å². The number of benzene rings is 2. The third kappa shape index (κ3) is 5.78. The molecular weight excluding hydrogens is 405 g/mol. The van der Waals surface area contributed by atoms with Gasteiger partial charge in [-0.15, -0.1) is 0 Å². The number of nitrogens with one attached hydrogen (secondary N) is 1. The SMILES string of the molecule is O=C(CCCOc1ccc(Cl)cc1Cl)NC1CCCC1c1ccc(Cl)cc1. The van der Waals surface area contributed by atoms with Crippen molar-refractivity contribution in [3.05, 3.63) is 63.1 Å². The highest BCUT2D eigenvalue weighted by Crippen LogP contribution is 2.35. The Bertz CT molecular complexity index is 779. The zero-order valence-electron chi connectivity index (χ0n) is 14.9. The van der Waals surface area contributed by atoms with E-state index in [9.17, 15) is 4.79 Å².